The number of rotatable bonds is 13. The van der Waals surface area contributed by atoms with E-state index in [0.29, 0.717) is 24.7 Å². The molecule has 2 amide bonds. The van der Waals surface area contributed by atoms with Crippen molar-refractivity contribution in [2.75, 3.05) is 13.1 Å². The van der Waals surface area contributed by atoms with Gasteiger partial charge in [-0.05, 0) is 24.8 Å². The van der Waals surface area contributed by atoms with Gasteiger partial charge in [-0.2, -0.15) is 4.98 Å². The van der Waals surface area contributed by atoms with E-state index in [1.807, 2.05) is 12.1 Å². The minimum Gasteiger partial charge on any atom is -0.465 e. The average Bonchev–Trinajstić information content (AvgIpc) is 3.50. The highest BCUT2D eigenvalue weighted by molar-refractivity contribution is 5.80. The van der Waals surface area contributed by atoms with E-state index in [2.05, 4.69) is 34.5 Å². The van der Waals surface area contributed by atoms with E-state index in [1.54, 1.807) is 0 Å². The van der Waals surface area contributed by atoms with Crippen molar-refractivity contribution in [2.45, 2.75) is 77.7 Å². The van der Waals surface area contributed by atoms with Crippen molar-refractivity contribution < 1.29 is 19.2 Å². The quantitative estimate of drug-likeness (QED) is 0.409. The Balaban J connectivity index is 1.37. The summed E-state index contributed by atoms with van der Waals surface area (Å²) in [6, 6.07) is 8.24. The Labute approximate surface area is 195 Å². The predicted octanol–water partition coefficient (Wildman–Crippen LogP) is 5.04. The first kappa shape index (κ1) is 24.7. The van der Waals surface area contributed by atoms with Gasteiger partial charge in [-0.1, -0.05) is 81.3 Å². The lowest BCUT2D eigenvalue weighted by molar-refractivity contribution is -0.124. The third-order valence-corrected chi connectivity index (χ3v) is 6.24. The number of nitrogens with one attached hydrogen (secondary N) is 1. The number of carboxylic acid groups (broad SMARTS) is 1. The summed E-state index contributed by atoms with van der Waals surface area (Å²) < 4.78 is 5.27. The summed E-state index contributed by atoms with van der Waals surface area (Å²) in [7, 11) is 0. The maximum absolute atomic E-state index is 12.3. The zero-order chi connectivity index (χ0) is 23.5. The van der Waals surface area contributed by atoms with Gasteiger partial charge in [0.1, 0.15) is 0 Å². The van der Waals surface area contributed by atoms with Crippen LogP contribution in [0.1, 0.15) is 76.2 Å². The van der Waals surface area contributed by atoms with Gasteiger partial charge in [0, 0.05) is 18.7 Å². The Bertz CT molecular complexity index is 881. The summed E-state index contributed by atoms with van der Waals surface area (Å²) >= 11 is 0. The Morgan fingerprint density at radius 1 is 1.09 bits per heavy atom. The van der Waals surface area contributed by atoms with Crippen molar-refractivity contribution in [1.29, 1.82) is 0 Å². The predicted molar refractivity (Wildman–Crippen MR) is 126 cm³/mol. The molecule has 0 saturated carbocycles. The fourth-order valence-electron chi connectivity index (χ4n) is 4.18. The first-order valence-corrected chi connectivity index (χ1v) is 12.2. The molecule has 33 heavy (non-hydrogen) atoms. The van der Waals surface area contributed by atoms with E-state index < -0.39 is 6.09 Å². The van der Waals surface area contributed by atoms with E-state index in [0.717, 1.165) is 12.0 Å². The number of carbonyl (C=O) groups excluding carboxylic acids is 1. The second kappa shape index (κ2) is 13.0. The topological polar surface area (TPSA) is 109 Å². The molecule has 0 spiro atoms. The van der Waals surface area contributed by atoms with Crippen LogP contribution in [-0.4, -0.2) is 45.2 Å². The number of benzene rings is 1. The summed E-state index contributed by atoms with van der Waals surface area (Å²) in [5, 5.41) is 15.8. The normalized spacial score (nSPS) is 15.7. The fraction of sp³-hybridized carbons (Fsp3) is 0.600. The number of aromatic nitrogens is 2. The molecule has 1 saturated heterocycles. The van der Waals surface area contributed by atoms with Gasteiger partial charge in [-0.15, -0.1) is 0 Å². The molecule has 180 valence electrons. The maximum Gasteiger partial charge on any atom is 0.407 e. The molecule has 0 aliphatic carbocycles. The molecular formula is C25H36N4O4. The molecule has 0 bridgehead atoms. The summed E-state index contributed by atoms with van der Waals surface area (Å²) in [5.74, 6) is 0.297. The molecule has 0 radical (unpaired) electrons. The van der Waals surface area contributed by atoms with Crippen molar-refractivity contribution >= 4 is 12.0 Å². The lowest BCUT2D eigenvalue weighted by Gasteiger charge is -2.11. The average molecular weight is 457 g/mol. The SMILES string of the molecule is CCCCCCCCCCc1ccc(-c2noc(CNC(=O)C3CCN(C(=O)O)C3)n2)cc1. The van der Waals surface area contributed by atoms with Gasteiger partial charge in [0.05, 0.1) is 12.5 Å². The molecule has 1 atom stereocenters. The van der Waals surface area contributed by atoms with Crippen LogP contribution in [0.3, 0.4) is 0 Å². The Morgan fingerprint density at radius 3 is 2.45 bits per heavy atom. The molecule has 1 aromatic carbocycles. The third-order valence-electron chi connectivity index (χ3n) is 6.24. The van der Waals surface area contributed by atoms with E-state index in [9.17, 15) is 9.59 Å². The fourth-order valence-corrected chi connectivity index (χ4v) is 4.18. The first-order chi connectivity index (χ1) is 16.1. The minimum atomic E-state index is -0.990. The summed E-state index contributed by atoms with van der Waals surface area (Å²) in [6.07, 6.45) is 11.2. The molecule has 2 aromatic rings. The summed E-state index contributed by atoms with van der Waals surface area (Å²) in [4.78, 5) is 28.9. The van der Waals surface area contributed by atoms with Gasteiger partial charge < -0.3 is 19.8 Å². The van der Waals surface area contributed by atoms with Crippen LogP contribution in [0.25, 0.3) is 11.4 Å². The van der Waals surface area contributed by atoms with E-state index >= 15 is 0 Å². The molecule has 2 N–H and O–H groups in total. The minimum absolute atomic E-state index is 0.131. The molecule has 1 aliphatic rings. The van der Waals surface area contributed by atoms with Crippen LogP contribution in [0.2, 0.25) is 0 Å². The maximum atomic E-state index is 12.3. The van der Waals surface area contributed by atoms with Gasteiger partial charge in [0.15, 0.2) is 0 Å². The largest absolute Gasteiger partial charge is 0.465 e. The second-order valence-electron chi connectivity index (χ2n) is 8.87. The lowest BCUT2D eigenvalue weighted by atomic mass is 10.0. The number of nitrogens with zero attached hydrogens (tertiary/aromatic N) is 3. The Hall–Kier alpha value is -2.90. The number of carbonyl (C=O) groups is 2. The van der Waals surface area contributed by atoms with Crippen LogP contribution in [0, 0.1) is 5.92 Å². The summed E-state index contributed by atoms with van der Waals surface area (Å²) in [5.41, 5.74) is 2.19. The smallest absolute Gasteiger partial charge is 0.407 e. The van der Waals surface area contributed by atoms with Crippen molar-refractivity contribution in [3.05, 3.63) is 35.7 Å². The van der Waals surface area contributed by atoms with Crippen LogP contribution < -0.4 is 5.32 Å². The third kappa shape index (κ3) is 7.87. The van der Waals surface area contributed by atoms with E-state index in [4.69, 9.17) is 9.63 Å². The first-order valence-electron chi connectivity index (χ1n) is 12.2. The van der Waals surface area contributed by atoms with Gasteiger partial charge in [0.2, 0.25) is 17.6 Å². The number of hydrogen-bond donors (Lipinski definition) is 2. The Morgan fingerprint density at radius 2 is 1.79 bits per heavy atom. The number of aryl methyl sites for hydroxylation is 1. The zero-order valence-corrected chi connectivity index (χ0v) is 19.6. The molecule has 1 aromatic heterocycles. The molecule has 3 rings (SSSR count). The van der Waals surface area contributed by atoms with Crippen LogP contribution in [-0.2, 0) is 17.8 Å². The molecule has 1 aliphatic heterocycles. The van der Waals surface area contributed by atoms with Crippen LogP contribution in [0.15, 0.2) is 28.8 Å². The molecule has 8 heteroatoms. The second-order valence-corrected chi connectivity index (χ2v) is 8.87. The Kier molecular flexibility index (Phi) is 9.72. The van der Waals surface area contributed by atoms with E-state index in [1.165, 1.54) is 61.8 Å². The molecule has 2 heterocycles. The van der Waals surface area contributed by atoms with Crippen molar-refractivity contribution in [3.63, 3.8) is 0 Å². The standard InChI is InChI=1S/C25H36N4O4/c1-2-3-4-5-6-7-8-9-10-19-11-13-20(14-12-19)23-27-22(33-28-23)17-26-24(30)21-15-16-29(18-21)25(31)32/h11-14,21H,2-10,15-18H2,1H3,(H,26,30)(H,31,32). The lowest BCUT2D eigenvalue weighted by Crippen LogP contribution is -2.33. The monoisotopic (exact) mass is 456 g/mol. The summed E-state index contributed by atoms with van der Waals surface area (Å²) in [6.45, 7) is 2.99. The molecular weight excluding hydrogens is 420 g/mol. The van der Waals surface area contributed by atoms with Crippen molar-refractivity contribution in [2.24, 2.45) is 5.92 Å². The van der Waals surface area contributed by atoms with Crippen molar-refractivity contribution in [3.8, 4) is 11.4 Å². The highest BCUT2D eigenvalue weighted by atomic mass is 16.5. The number of unbranched alkanes of at least 4 members (excludes halogenated alkanes) is 7. The number of likely N-dealkylation sites (tertiary alicyclic amines) is 1. The zero-order valence-electron chi connectivity index (χ0n) is 19.6. The van der Waals surface area contributed by atoms with Gasteiger partial charge in [-0.3, -0.25) is 4.79 Å². The van der Waals surface area contributed by atoms with Gasteiger partial charge in [0.25, 0.3) is 0 Å². The van der Waals surface area contributed by atoms with Crippen LogP contribution in [0.5, 0.6) is 0 Å². The van der Waals surface area contributed by atoms with Crippen LogP contribution >= 0.6 is 0 Å². The van der Waals surface area contributed by atoms with Gasteiger partial charge in [-0.25, -0.2) is 4.79 Å². The van der Waals surface area contributed by atoms with Gasteiger partial charge >= 0.3 is 6.09 Å². The highest BCUT2D eigenvalue weighted by Gasteiger charge is 2.30. The van der Waals surface area contributed by atoms with Crippen molar-refractivity contribution in [1.82, 2.24) is 20.4 Å². The molecule has 8 nitrogen and oxygen atoms in total. The molecule has 1 fully saturated rings. The van der Waals surface area contributed by atoms with E-state index in [-0.39, 0.29) is 24.9 Å². The van der Waals surface area contributed by atoms with Crippen LogP contribution in [0.4, 0.5) is 4.79 Å². The highest BCUT2D eigenvalue weighted by Crippen LogP contribution is 2.19. The number of amides is 2. The number of hydrogen-bond acceptors (Lipinski definition) is 5. The molecule has 1 unspecified atom stereocenters.